The number of aromatic nitrogens is 3. The van der Waals surface area contributed by atoms with Crippen molar-refractivity contribution in [2.75, 3.05) is 17.6 Å². The number of hydrogen-bond donors (Lipinski definition) is 2. The van der Waals surface area contributed by atoms with Gasteiger partial charge in [-0.3, -0.25) is 4.68 Å². The molecule has 4 rings (SSSR count). The van der Waals surface area contributed by atoms with Crippen molar-refractivity contribution < 1.29 is 0 Å². The summed E-state index contributed by atoms with van der Waals surface area (Å²) in [7, 11) is 0. The molecule has 0 bridgehead atoms. The predicted octanol–water partition coefficient (Wildman–Crippen LogP) is 3.36. The summed E-state index contributed by atoms with van der Waals surface area (Å²) in [4.78, 5) is 4.46. The number of anilines is 2. The summed E-state index contributed by atoms with van der Waals surface area (Å²) in [5, 5.41) is 8.55. The van der Waals surface area contributed by atoms with Gasteiger partial charge in [0, 0.05) is 29.9 Å². The molecular formula is C14H15BrClN5. The Hall–Kier alpha value is -1.27. The molecule has 2 aromatic heterocycles. The topological polar surface area (TPSA) is 68.8 Å². The Morgan fingerprint density at radius 3 is 3.14 bits per heavy atom. The van der Waals surface area contributed by atoms with Gasteiger partial charge >= 0.3 is 0 Å². The van der Waals surface area contributed by atoms with Gasteiger partial charge in [-0.2, -0.15) is 5.10 Å². The van der Waals surface area contributed by atoms with Gasteiger partial charge in [0.2, 0.25) is 0 Å². The van der Waals surface area contributed by atoms with Crippen molar-refractivity contribution in [1.82, 2.24) is 14.8 Å². The van der Waals surface area contributed by atoms with Gasteiger partial charge in [-0.15, -0.1) is 0 Å². The minimum Gasteiger partial charge on any atom is -0.382 e. The van der Waals surface area contributed by atoms with Crippen molar-refractivity contribution in [2.24, 2.45) is 0 Å². The monoisotopic (exact) mass is 367 g/mol. The molecule has 1 spiro atoms. The fraction of sp³-hybridized carbons (Fsp3) is 0.429. The zero-order valence-corrected chi connectivity index (χ0v) is 13.7. The Balaban J connectivity index is 1.72. The van der Waals surface area contributed by atoms with Crippen LogP contribution >= 0.6 is 27.5 Å². The van der Waals surface area contributed by atoms with Crippen LogP contribution in [0.25, 0.3) is 0 Å². The number of nitrogen functional groups attached to an aromatic ring is 1. The van der Waals surface area contributed by atoms with E-state index in [9.17, 15) is 0 Å². The molecule has 1 saturated carbocycles. The summed E-state index contributed by atoms with van der Waals surface area (Å²) in [5.41, 5.74) is 6.93. The third-order valence-corrected chi connectivity index (χ3v) is 5.91. The summed E-state index contributed by atoms with van der Waals surface area (Å²) in [6.07, 6.45) is 6.88. The number of halogens is 2. The van der Waals surface area contributed by atoms with Crippen LogP contribution in [0.4, 0.5) is 11.6 Å². The maximum absolute atomic E-state index is 6.54. The highest BCUT2D eigenvalue weighted by Crippen LogP contribution is 2.54. The van der Waals surface area contributed by atoms with E-state index in [1.807, 2.05) is 16.9 Å². The minimum absolute atomic E-state index is 0.0502. The average Bonchev–Trinajstić information content (AvgIpc) is 3.15. The van der Waals surface area contributed by atoms with E-state index in [0.717, 1.165) is 46.7 Å². The van der Waals surface area contributed by atoms with E-state index in [-0.39, 0.29) is 5.41 Å². The molecule has 1 fully saturated rings. The second-order valence-corrected chi connectivity index (χ2v) is 7.13. The van der Waals surface area contributed by atoms with Gasteiger partial charge in [0.1, 0.15) is 11.6 Å². The molecule has 2 aliphatic rings. The number of pyridine rings is 1. The lowest BCUT2D eigenvalue weighted by Gasteiger charge is -2.24. The fourth-order valence-corrected chi connectivity index (χ4v) is 4.33. The van der Waals surface area contributed by atoms with Gasteiger partial charge in [0.05, 0.1) is 15.5 Å². The first-order chi connectivity index (χ1) is 10.1. The van der Waals surface area contributed by atoms with Gasteiger partial charge in [0.15, 0.2) is 0 Å². The Labute approximate surface area is 136 Å². The number of nitrogens with two attached hydrogens (primary N) is 1. The van der Waals surface area contributed by atoms with E-state index in [1.165, 1.54) is 0 Å². The van der Waals surface area contributed by atoms with Crippen LogP contribution in [0, 0.1) is 0 Å². The zero-order chi connectivity index (χ0) is 14.6. The fourth-order valence-electron chi connectivity index (χ4n) is 3.69. The first-order valence-electron chi connectivity index (χ1n) is 6.98. The summed E-state index contributed by atoms with van der Waals surface area (Å²) >= 11 is 10.0. The Morgan fingerprint density at radius 1 is 1.52 bits per heavy atom. The third kappa shape index (κ3) is 1.96. The van der Waals surface area contributed by atoms with Gasteiger partial charge < -0.3 is 11.1 Å². The largest absolute Gasteiger partial charge is 0.382 e. The van der Waals surface area contributed by atoms with Crippen LogP contribution in [0.15, 0.2) is 22.9 Å². The summed E-state index contributed by atoms with van der Waals surface area (Å²) < 4.78 is 2.85. The molecule has 7 heteroatoms. The first-order valence-corrected chi connectivity index (χ1v) is 8.15. The Morgan fingerprint density at radius 2 is 2.38 bits per heavy atom. The van der Waals surface area contributed by atoms with Gasteiger partial charge in [-0.25, -0.2) is 4.98 Å². The summed E-state index contributed by atoms with van der Waals surface area (Å²) in [5.74, 6) is 1.49. The van der Waals surface area contributed by atoms with Crippen molar-refractivity contribution in [3.8, 4) is 0 Å². The number of hydrogen-bond acceptors (Lipinski definition) is 4. The number of fused-ring (bicyclic) bond motifs is 2. The average molecular weight is 369 g/mol. The number of nitrogens with zero attached hydrogens (tertiary/aromatic N) is 3. The quantitative estimate of drug-likeness (QED) is 0.810. The van der Waals surface area contributed by atoms with Crippen molar-refractivity contribution in [3.05, 3.63) is 33.5 Å². The maximum Gasteiger partial charge on any atom is 0.145 e. The molecule has 5 nitrogen and oxygen atoms in total. The molecule has 3 N–H and O–H groups in total. The van der Waals surface area contributed by atoms with Crippen LogP contribution in [0.5, 0.6) is 0 Å². The van der Waals surface area contributed by atoms with Gasteiger partial charge in [-0.05, 0) is 41.3 Å². The normalized spacial score (nSPS) is 27.0. The van der Waals surface area contributed by atoms with Crippen LogP contribution < -0.4 is 11.1 Å². The highest BCUT2D eigenvalue weighted by atomic mass is 79.9. The molecule has 1 aliphatic carbocycles. The SMILES string of the molecule is Nc1ccn([C@H]2CC[C@@]3(CNc4ncc(Br)c(Cl)c43)C2)n1. The Bertz CT molecular complexity index is 715. The number of nitrogens with one attached hydrogen (secondary N) is 1. The molecule has 0 saturated heterocycles. The smallest absolute Gasteiger partial charge is 0.145 e. The van der Waals surface area contributed by atoms with Crippen LogP contribution in [0.1, 0.15) is 30.9 Å². The van der Waals surface area contributed by atoms with Crippen LogP contribution in [0.2, 0.25) is 5.02 Å². The van der Waals surface area contributed by atoms with Crippen LogP contribution in [0.3, 0.4) is 0 Å². The second-order valence-electron chi connectivity index (χ2n) is 5.89. The predicted molar refractivity (Wildman–Crippen MR) is 86.6 cm³/mol. The lowest BCUT2D eigenvalue weighted by molar-refractivity contribution is 0.419. The lowest BCUT2D eigenvalue weighted by Crippen LogP contribution is -2.26. The van der Waals surface area contributed by atoms with Crippen molar-refractivity contribution in [3.63, 3.8) is 0 Å². The van der Waals surface area contributed by atoms with Crippen molar-refractivity contribution in [1.29, 1.82) is 0 Å². The summed E-state index contributed by atoms with van der Waals surface area (Å²) in [6.45, 7) is 0.888. The van der Waals surface area contributed by atoms with Crippen LogP contribution in [-0.4, -0.2) is 21.3 Å². The maximum atomic E-state index is 6.54. The molecule has 110 valence electrons. The molecule has 2 atom stereocenters. The molecule has 2 aromatic rings. The van der Waals surface area contributed by atoms with Gasteiger partial charge in [0.25, 0.3) is 0 Å². The van der Waals surface area contributed by atoms with E-state index in [4.69, 9.17) is 17.3 Å². The van der Waals surface area contributed by atoms with Crippen LogP contribution in [-0.2, 0) is 5.41 Å². The molecular weight excluding hydrogens is 354 g/mol. The molecule has 1 aliphatic heterocycles. The minimum atomic E-state index is 0.0502. The van der Waals surface area contributed by atoms with E-state index in [2.05, 4.69) is 31.3 Å². The molecule has 0 amide bonds. The van der Waals surface area contributed by atoms with E-state index >= 15 is 0 Å². The summed E-state index contributed by atoms with van der Waals surface area (Å²) in [6, 6.07) is 2.21. The van der Waals surface area contributed by atoms with Gasteiger partial charge in [-0.1, -0.05) is 11.6 Å². The third-order valence-electron chi connectivity index (χ3n) is 4.68. The second kappa shape index (κ2) is 4.61. The lowest BCUT2D eigenvalue weighted by atomic mass is 9.81. The molecule has 21 heavy (non-hydrogen) atoms. The molecule has 0 radical (unpaired) electrons. The Kier molecular flexibility index (Phi) is 2.94. The standard InChI is InChI=1S/C14H15BrClN5/c15-9-6-18-13-11(12(9)16)14(7-19-13)3-1-8(5-14)21-4-2-10(17)20-21/h2,4,6,8H,1,3,5,7H2,(H2,17,20)(H,18,19)/t8-,14-/m0/s1. The zero-order valence-electron chi connectivity index (χ0n) is 11.3. The van der Waals surface area contributed by atoms with Crippen molar-refractivity contribution >= 4 is 39.2 Å². The highest BCUT2D eigenvalue weighted by Gasteiger charge is 2.48. The van der Waals surface area contributed by atoms with E-state index in [0.29, 0.717) is 11.9 Å². The molecule has 3 heterocycles. The highest BCUT2D eigenvalue weighted by molar-refractivity contribution is 9.10. The molecule has 0 unspecified atom stereocenters. The number of rotatable bonds is 1. The van der Waals surface area contributed by atoms with E-state index < -0.39 is 0 Å². The van der Waals surface area contributed by atoms with E-state index in [1.54, 1.807) is 6.20 Å². The molecule has 0 aromatic carbocycles. The first kappa shape index (κ1) is 13.4. The van der Waals surface area contributed by atoms with Crippen molar-refractivity contribution in [2.45, 2.75) is 30.7 Å².